The summed E-state index contributed by atoms with van der Waals surface area (Å²) in [6.45, 7) is 1.64. The Balaban J connectivity index is 1.70. The Morgan fingerprint density at radius 2 is 2.29 bits per heavy atom. The minimum Gasteiger partial charge on any atom is -0.267 e. The van der Waals surface area contributed by atoms with Crippen LogP contribution in [0.15, 0.2) is 35.5 Å². The number of aryl methyl sites for hydroxylation is 1. The molecular weight excluding hydrogens is 270 g/mol. The zero-order chi connectivity index (χ0) is 15.0. The molecule has 0 heterocycles. The molecule has 2 aliphatic carbocycles. The van der Waals surface area contributed by atoms with Crippen LogP contribution in [0.3, 0.4) is 0 Å². The Kier molecular flexibility index (Phi) is 3.29. The number of benzene rings is 1. The van der Waals surface area contributed by atoms with Crippen LogP contribution in [0.4, 0.5) is 5.69 Å². The lowest BCUT2D eigenvalue weighted by molar-refractivity contribution is -0.385. The summed E-state index contributed by atoms with van der Waals surface area (Å²) in [4.78, 5) is 22.4. The maximum absolute atomic E-state index is 12.0. The summed E-state index contributed by atoms with van der Waals surface area (Å²) in [5.41, 5.74) is 4.22. The number of hydrogen-bond acceptors (Lipinski definition) is 4. The van der Waals surface area contributed by atoms with Gasteiger partial charge in [0.2, 0.25) is 0 Å². The molecule has 2 atom stereocenters. The minimum absolute atomic E-state index is 0.0565. The highest BCUT2D eigenvalue weighted by atomic mass is 16.6. The fourth-order valence-corrected chi connectivity index (χ4v) is 2.80. The highest BCUT2D eigenvalue weighted by Crippen LogP contribution is 2.40. The number of nitro benzene ring substituents is 1. The van der Waals surface area contributed by atoms with Crippen LogP contribution in [0, 0.1) is 28.9 Å². The van der Waals surface area contributed by atoms with Crippen LogP contribution in [0.1, 0.15) is 28.8 Å². The van der Waals surface area contributed by atoms with E-state index in [1.165, 1.54) is 6.07 Å². The Morgan fingerprint density at radius 1 is 1.48 bits per heavy atom. The first-order valence-electron chi connectivity index (χ1n) is 6.85. The van der Waals surface area contributed by atoms with E-state index in [1.54, 1.807) is 19.1 Å². The highest BCUT2D eigenvalue weighted by molar-refractivity contribution is 5.98. The van der Waals surface area contributed by atoms with Crippen molar-refractivity contribution < 1.29 is 9.72 Å². The summed E-state index contributed by atoms with van der Waals surface area (Å²) in [5.74, 6) is 0.582. The van der Waals surface area contributed by atoms with Crippen molar-refractivity contribution in [1.29, 1.82) is 0 Å². The largest absolute Gasteiger partial charge is 0.273 e. The number of carbonyl (C=O) groups excluding carboxylic acids is 1. The summed E-state index contributed by atoms with van der Waals surface area (Å²) < 4.78 is 0. The third-order valence-electron chi connectivity index (χ3n) is 4.13. The number of nitro groups is 1. The molecule has 1 saturated carbocycles. The Hall–Kier alpha value is -2.50. The van der Waals surface area contributed by atoms with Crippen LogP contribution in [-0.4, -0.2) is 16.5 Å². The average Bonchev–Trinajstić information content (AvgIpc) is 2.80. The van der Waals surface area contributed by atoms with Gasteiger partial charge in [-0.25, -0.2) is 5.43 Å². The molecule has 0 saturated heterocycles. The summed E-state index contributed by atoms with van der Waals surface area (Å²) in [6, 6.07) is 4.42. The number of amides is 1. The zero-order valence-corrected chi connectivity index (χ0v) is 11.6. The van der Waals surface area contributed by atoms with Gasteiger partial charge in [0, 0.05) is 28.8 Å². The molecular formula is C15H15N3O3. The van der Waals surface area contributed by atoms with Gasteiger partial charge < -0.3 is 0 Å². The Morgan fingerprint density at radius 3 is 3.00 bits per heavy atom. The molecule has 0 spiro atoms. The quantitative estimate of drug-likeness (QED) is 0.526. The fourth-order valence-electron chi connectivity index (χ4n) is 2.80. The lowest BCUT2D eigenvalue weighted by Crippen LogP contribution is -2.35. The zero-order valence-electron chi connectivity index (χ0n) is 11.6. The minimum atomic E-state index is -0.487. The number of rotatable bonds is 3. The number of hydrogen-bond donors (Lipinski definition) is 1. The van der Waals surface area contributed by atoms with Crippen LogP contribution in [-0.2, 0) is 0 Å². The molecule has 0 aromatic heterocycles. The van der Waals surface area contributed by atoms with Crippen LogP contribution >= 0.6 is 0 Å². The van der Waals surface area contributed by atoms with Crippen molar-refractivity contribution in [2.75, 3.05) is 0 Å². The van der Waals surface area contributed by atoms with Crippen molar-refractivity contribution in [3.05, 3.63) is 51.6 Å². The van der Waals surface area contributed by atoms with E-state index in [1.807, 2.05) is 0 Å². The van der Waals surface area contributed by atoms with E-state index in [9.17, 15) is 14.9 Å². The first-order valence-corrected chi connectivity index (χ1v) is 6.85. The molecule has 0 aliphatic heterocycles. The maximum Gasteiger partial charge on any atom is 0.273 e. The van der Waals surface area contributed by atoms with Crippen LogP contribution in [0.2, 0.25) is 0 Å². The highest BCUT2D eigenvalue weighted by Gasteiger charge is 2.38. The topological polar surface area (TPSA) is 84.6 Å². The molecule has 1 amide bonds. The average molecular weight is 285 g/mol. The van der Waals surface area contributed by atoms with Crippen LogP contribution in [0.25, 0.3) is 0 Å². The van der Waals surface area contributed by atoms with E-state index in [4.69, 9.17) is 0 Å². The van der Waals surface area contributed by atoms with E-state index >= 15 is 0 Å². The SMILES string of the molecule is Cc1ccc(C(=O)N/N=C2\C[C@@H]3C=CC[C@@H]23)cc1[N+](=O)[O-]. The second kappa shape index (κ2) is 5.12. The molecule has 1 aromatic carbocycles. The number of hydrazone groups is 1. The summed E-state index contributed by atoms with van der Waals surface area (Å²) in [7, 11) is 0. The van der Waals surface area contributed by atoms with Gasteiger partial charge in [-0.15, -0.1) is 0 Å². The number of carbonyl (C=O) groups is 1. The molecule has 6 heteroatoms. The van der Waals surface area contributed by atoms with Gasteiger partial charge in [0.25, 0.3) is 11.6 Å². The van der Waals surface area contributed by atoms with Crippen molar-refractivity contribution in [3.63, 3.8) is 0 Å². The lowest BCUT2D eigenvalue weighted by Gasteiger charge is -2.31. The van der Waals surface area contributed by atoms with E-state index in [-0.39, 0.29) is 11.3 Å². The van der Waals surface area contributed by atoms with Gasteiger partial charge in [-0.2, -0.15) is 5.10 Å². The molecule has 1 N–H and O–H groups in total. The van der Waals surface area contributed by atoms with E-state index < -0.39 is 10.8 Å². The van der Waals surface area contributed by atoms with Gasteiger partial charge in [-0.1, -0.05) is 18.2 Å². The normalized spacial score (nSPS) is 24.5. The van der Waals surface area contributed by atoms with Gasteiger partial charge in [0.1, 0.15) is 0 Å². The van der Waals surface area contributed by atoms with E-state index in [2.05, 4.69) is 22.7 Å². The van der Waals surface area contributed by atoms with Crippen molar-refractivity contribution in [3.8, 4) is 0 Å². The molecule has 3 rings (SSSR count). The number of allylic oxidation sites excluding steroid dienone is 2. The predicted octanol–water partition coefficient (Wildman–Crippen LogP) is 2.59. The van der Waals surface area contributed by atoms with Crippen molar-refractivity contribution >= 4 is 17.3 Å². The van der Waals surface area contributed by atoms with Crippen molar-refractivity contribution in [1.82, 2.24) is 5.43 Å². The van der Waals surface area contributed by atoms with E-state index in [0.717, 1.165) is 18.6 Å². The van der Waals surface area contributed by atoms with Crippen LogP contribution < -0.4 is 5.43 Å². The Bertz CT molecular complexity index is 679. The second-order valence-electron chi connectivity index (χ2n) is 5.44. The lowest BCUT2D eigenvalue weighted by atomic mass is 9.74. The maximum atomic E-state index is 12.0. The molecule has 108 valence electrons. The second-order valence-corrected chi connectivity index (χ2v) is 5.44. The summed E-state index contributed by atoms with van der Waals surface area (Å²) in [6.07, 6.45) is 6.20. The smallest absolute Gasteiger partial charge is 0.267 e. The standard InChI is InChI=1S/C15H15N3O3/c1-9-5-6-11(8-14(9)18(20)21)15(19)17-16-13-7-10-3-2-4-12(10)13/h2-3,5-6,8,10,12H,4,7H2,1H3,(H,17,19)/b16-13+/t10-,12+/m0/s1. The van der Waals surface area contributed by atoms with Crippen molar-refractivity contribution in [2.45, 2.75) is 19.8 Å². The fraction of sp³-hybridized carbons (Fsp3) is 0.333. The van der Waals surface area contributed by atoms with Gasteiger partial charge in [-0.3, -0.25) is 14.9 Å². The van der Waals surface area contributed by atoms with Gasteiger partial charge in [0.15, 0.2) is 0 Å². The molecule has 2 aliphatic rings. The number of nitrogens with one attached hydrogen (secondary N) is 1. The molecule has 21 heavy (non-hydrogen) atoms. The summed E-state index contributed by atoms with van der Waals surface area (Å²) >= 11 is 0. The van der Waals surface area contributed by atoms with E-state index in [0.29, 0.717) is 17.4 Å². The first kappa shape index (κ1) is 13.5. The molecule has 1 fully saturated rings. The Labute approximate surface area is 121 Å². The first-order chi connectivity index (χ1) is 10.1. The van der Waals surface area contributed by atoms with Crippen LogP contribution in [0.5, 0.6) is 0 Å². The molecule has 6 nitrogen and oxygen atoms in total. The number of fused-ring (bicyclic) bond motifs is 1. The van der Waals surface area contributed by atoms with Gasteiger partial charge >= 0.3 is 0 Å². The molecule has 0 bridgehead atoms. The third kappa shape index (κ3) is 2.44. The van der Waals surface area contributed by atoms with Gasteiger partial charge in [-0.05, 0) is 31.7 Å². The predicted molar refractivity (Wildman–Crippen MR) is 78.1 cm³/mol. The van der Waals surface area contributed by atoms with Gasteiger partial charge in [0.05, 0.1) is 4.92 Å². The molecule has 0 unspecified atom stereocenters. The molecule has 1 aromatic rings. The number of nitrogens with zero attached hydrogens (tertiary/aromatic N) is 2. The van der Waals surface area contributed by atoms with Crippen molar-refractivity contribution in [2.24, 2.45) is 16.9 Å². The molecule has 0 radical (unpaired) electrons. The summed E-state index contributed by atoms with van der Waals surface area (Å²) in [5, 5.41) is 15.0. The monoisotopic (exact) mass is 285 g/mol. The third-order valence-corrected chi connectivity index (χ3v) is 4.13.